The van der Waals surface area contributed by atoms with Gasteiger partial charge in [-0.1, -0.05) is 18.6 Å². The van der Waals surface area contributed by atoms with Crippen LogP contribution >= 0.6 is 0 Å². The fraction of sp³-hybridized carbons (Fsp3) is 0.500. The van der Waals surface area contributed by atoms with Crippen molar-refractivity contribution < 1.29 is 0 Å². The van der Waals surface area contributed by atoms with Gasteiger partial charge in [-0.2, -0.15) is 0 Å². The summed E-state index contributed by atoms with van der Waals surface area (Å²) in [6.45, 7) is 0. The van der Waals surface area contributed by atoms with E-state index in [4.69, 9.17) is 0 Å². The van der Waals surface area contributed by atoms with Gasteiger partial charge in [0.2, 0.25) is 0 Å². The third-order valence-corrected chi connectivity index (χ3v) is 2.97. The number of rotatable bonds is 1. The van der Waals surface area contributed by atoms with Crippen LogP contribution in [0, 0.1) is 0 Å². The van der Waals surface area contributed by atoms with Gasteiger partial charge in [0, 0.05) is 7.05 Å². The van der Waals surface area contributed by atoms with Crippen LogP contribution < -0.4 is 11.4 Å². The zero-order valence-electron chi connectivity index (χ0n) is 9.98. The third kappa shape index (κ3) is 2.49. The van der Waals surface area contributed by atoms with E-state index in [0.717, 1.165) is 29.5 Å². The van der Waals surface area contributed by atoms with Crippen molar-refractivity contribution >= 4 is 5.70 Å². The lowest BCUT2D eigenvalue weighted by Gasteiger charge is -2.00. The quantitative estimate of drug-likeness (QED) is 0.796. The van der Waals surface area contributed by atoms with Gasteiger partial charge in [0.25, 0.3) is 0 Å². The molecule has 0 atom stereocenters. The smallest absolute Gasteiger partial charge is 0.246 e. The van der Waals surface area contributed by atoms with Crippen LogP contribution in [0.4, 0.5) is 0 Å². The van der Waals surface area contributed by atoms with Gasteiger partial charge in [-0.25, -0.2) is 23.9 Å². The second kappa shape index (κ2) is 5.03. The Morgan fingerprint density at radius 3 is 2.65 bits per heavy atom. The predicted octanol–water partition coefficient (Wildman–Crippen LogP) is 1.24. The number of nitrogens with one attached hydrogen (secondary N) is 1. The van der Waals surface area contributed by atoms with Crippen molar-refractivity contribution in [1.29, 1.82) is 0 Å². The lowest BCUT2D eigenvalue weighted by Crippen LogP contribution is -2.25. The molecule has 0 radical (unpaired) electrons. The van der Waals surface area contributed by atoms with Crippen LogP contribution in [-0.4, -0.2) is 14.3 Å². The van der Waals surface area contributed by atoms with E-state index in [9.17, 15) is 9.59 Å². The normalized spacial score (nSPS) is 22.1. The largest absolute Gasteiger partial charge is 0.351 e. The number of hydrogen-bond acceptors (Lipinski definition) is 2. The van der Waals surface area contributed by atoms with Crippen LogP contribution in [-0.2, 0) is 7.05 Å². The van der Waals surface area contributed by atoms with E-state index < -0.39 is 0 Å². The monoisotopic (exact) mass is 235 g/mol. The Labute approximate surface area is 99.1 Å². The highest BCUT2D eigenvalue weighted by atomic mass is 16.2. The first-order valence-electron chi connectivity index (χ1n) is 5.95. The summed E-state index contributed by atoms with van der Waals surface area (Å²) in [5.74, 6) is 0. The number of H-pyrrole nitrogens is 1. The van der Waals surface area contributed by atoms with Crippen molar-refractivity contribution in [2.24, 2.45) is 7.05 Å². The zero-order valence-corrected chi connectivity index (χ0v) is 9.98. The summed E-state index contributed by atoms with van der Waals surface area (Å²) in [5.41, 5.74) is 0.0453. The van der Waals surface area contributed by atoms with E-state index in [1.54, 1.807) is 0 Å². The molecule has 92 valence electrons. The van der Waals surface area contributed by atoms with Gasteiger partial charge in [0.1, 0.15) is 0 Å². The molecule has 0 aliphatic heterocycles. The van der Waals surface area contributed by atoms with E-state index in [2.05, 4.69) is 11.2 Å². The molecule has 0 saturated carbocycles. The molecule has 0 saturated heterocycles. The molecule has 0 spiro atoms. The molecule has 1 aromatic heterocycles. The average molecular weight is 235 g/mol. The maximum atomic E-state index is 11.8. The van der Waals surface area contributed by atoms with Crippen molar-refractivity contribution in [2.75, 3.05) is 0 Å². The summed E-state index contributed by atoms with van der Waals surface area (Å²) in [5, 5.41) is 2.54. The van der Waals surface area contributed by atoms with Crippen LogP contribution in [0.3, 0.4) is 0 Å². The number of aromatic nitrogens is 3. The Balaban J connectivity index is 2.42. The first-order valence-corrected chi connectivity index (χ1v) is 5.95. The van der Waals surface area contributed by atoms with Crippen LogP contribution in [0.2, 0.25) is 0 Å². The Bertz CT molecular complexity index is 557. The summed E-state index contributed by atoms with van der Waals surface area (Å²) < 4.78 is 2.38. The zero-order chi connectivity index (χ0) is 12.3. The van der Waals surface area contributed by atoms with Crippen molar-refractivity contribution in [1.82, 2.24) is 14.3 Å². The Morgan fingerprint density at radius 1 is 1.18 bits per heavy atom. The third-order valence-electron chi connectivity index (χ3n) is 2.97. The SMILES string of the molecule is Cn1c(=O)[nH]n(C2=C/CCCCC/C=C\2)c1=O. The molecule has 1 N–H and O–H groups in total. The van der Waals surface area contributed by atoms with Crippen molar-refractivity contribution in [3.05, 3.63) is 39.2 Å². The molecule has 0 unspecified atom stereocenters. The number of aromatic amines is 1. The van der Waals surface area contributed by atoms with E-state index in [1.807, 2.05) is 12.2 Å². The molecular formula is C12H17N3O2. The minimum atomic E-state index is -0.385. The molecule has 0 aromatic carbocycles. The fourth-order valence-electron chi connectivity index (χ4n) is 1.90. The average Bonchev–Trinajstić information content (AvgIpc) is 2.65. The Hall–Kier alpha value is -1.78. The molecular weight excluding hydrogens is 218 g/mol. The molecule has 1 aliphatic carbocycles. The van der Waals surface area contributed by atoms with E-state index in [-0.39, 0.29) is 11.4 Å². The van der Waals surface area contributed by atoms with Crippen molar-refractivity contribution in [3.63, 3.8) is 0 Å². The molecule has 5 nitrogen and oxygen atoms in total. The van der Waals surface area contributed by atoms with Crippen molar-refractivity contribution in [2.45, 2.75) is 32.1 Å². The maximum Gasteiger partial charge on any atom is 0.351 e. The van der Waals surface area contributed by atoms with E-state index in [0.29, 0.717) is 0 Å². The summed E-state index contributed by atoms with van der Waals surface area (Å²) >= 11 is 0. The Morgan fingerprint density at radius 2 is 1.94 bits per heavy atom. The van der Waals surface area contributed by atoms with Crippen LogP contribution in [0.5, 0.6) is 0 Å². The molecule has 1 aliphatic rings. The summed E-state index contributed by atoms with van der Waals surface area (Å²) in [7, 11) is 1.47. The lowest BCUT2D eigenvalue weighted by atomic mass is 10.1. The van der Waals surface area contributed by atoms with Gasteiger partial charge >= 0.3 is 11.4 Å². The molecule has 5 heteroatoms. The predicted molar refractivity (Wildman–Crippen MR) is 66.8 cm³/mol. The summed E-state index contributed by atoms with van der Waals surface area (Å²) in [4.78, 5) is 23.2. The second-order valence-corrected chi connectivity index (χ2v) is 4.26. The first kappa shape index (κ1) is 11.7. The maximum absolute atomic E-state index is 11.8. The minimum Gasteiger partial charge on any atom is -0.246 e. The van der Waals surface area contributed by atoms with Gasteiger partial charge in [0.15, 0.2) is 0 Å². The number of nitrogens with zero attached hydrogens (tertiary/aromatic N) is 2. The summed E-state index contributed by atoms with van der Waals surface area (Å²) in [6, 6.07) is 0. The van der Waals surface area contributed by atoms with Crippen LogP contribution in [0.25, 0.3) is 5.70 Å². The fourth-order valence-corrected chi connectivity index (χ4v) is 1.90. The summed E-state index contributed by atoms with van der Waals surface area (Å²) in [6.07, 6.45) is 11.4. The molecule has 1 heterocycles. The minimum absolute atomic E-state index is 0.329. The lowest BCUT2D eigenvalue weighted by molar-refractivity contribution is 0.698. The van der Waals surface area contributed by atoms with Gasteiger partial charge in [0.05, 0.1) is 5.70 Å². The van der Waals surface area contributed by atoms with Crippen LogP contribution in [0.15, 0.2) is 27.8 Å². The highest BCUT2D eigenvalue weighted by Crippen LogP contribution is 2.12. The molecule has 0 amide bonds. The Kier molecular flexibility index (Phi) is 3.46. The van der Waals surface area contributed by atoms with Gasteiger partial charge in [-0.05, 0) is 31.8 Å². The highest BCUT2D eigenvalue weighted by molar-refractivity contribution is 5.55. The van der Waals surface area contributed by atoms with E-state index >= 15 is 0 Å². The van der Waals surface area contributed by atoms with Gasteiger partial charge < -0.3 is 0 Å². The van der Waals surface area contributed by atoms with Crippen molar-refractivity contribution in [3.8, 4) is 0 Å². The standard InChI is InChI=1S/C12H17N3O2/c1-14-11(16)13-15(12(14)17)10-8-6-4-2-3-5-7-9-10/h6,8-9H,2-5,7H2,1H3,(H,13,16)/b8-6-,10-9+. The molecule has 0 bridgehead atoms. The van der Waals surface area contributed by atoms with Gasteiger partial charge in [-0.3, -0.25) is 0 Å². The number of hydrogen-bond donors (Lipinski definition) is 1. The molecule has 1 aromatic rings. The molecule has 2 rings (SSSR count). The van der Waals surface area contributed by atoms with Gasteiger partial charge in [-0.15, -0.1) is 0 Å². The first-order chi connectivity index (χ1) is 8.20. The second-order valence-electron chi connectivity index (χ2n) is 4.26. The van der Waals surface area contributed by atoms with E-state index in [1.165, 1.54) is 24.6 Å². The topological polar surface area (TPSA) is 59.8 Å². The highest BCUT2D eigenvalue weighted by Gasteiger charge is 2.07. The number of allylic oxidation sites excluding steroid dienone is 4. The van der Waals surface area contributed by atoms with Crippen LogP contribution in [0.1, 0.15) is 32.1 Å². The molecule has 17 heavy (non-hydrogen) atoms. The molecule has 0 fully saturated rings.